The Bertz CT molecular complexity index is 199. The zero-order valence-electron chi connectivity index (χ0n) is 8.78. The minimum absolute atomic E-state index is 0.132. The van der Waals surface area contributed by atoms with E-state index in [2.05, 4.69) is 12.6 Å². The smallest absolute Gasteiger partial charge is 0.186 e. The molecule has 0 amide bonds. The van der Waals surface area contributed by atoms with Crippen LogP contribution in [0.15, 0.2) is 0 Å². The number of aliphatic hydroxyl groups excluding tert-OH is 3. The fourth-order valence-corrected chi connectivity index (χ4v) is 1.79. The van der Waals surface area contributed by atoms with Crippen molar-refractivity contribution >= 4 is 12.6 Å². The molecule has 5 nitrogen and oxygen atoms in total. The first-order valence-electron chi connectivity index (χ1n) is 4.93. The summed E-state index contributed by atoms with van der Waals surface area (Å²) in [6, 6.07) is 0. The van der Waals surface area contributed by atoms with E-state index in [4.69, 9.17) is 14.6 Å². The molecule has 0 aromatic rings. The van der Waals surface area contributed by atoms with Gasteiger partial charge in [0.1, 0.15) is 6.10 Å². The Labute approximate surface area is 94.4 Å². The fourth-order valence-electron chi connectivity index (χ4n) is 1.45. The second kappa shape index (κ2) is 5.47. The molecule has 1 saturated heterocycles. The Hall–Kier alpha value is 0.150. The highest BCUT2D eigenvalue weighted by Crippen LogP contribution is 2.25. The summed E-state index contributed by atoms with van der Waals surface area (Å²) in [5.74, 6) is 0. The van der Waals surface area contributed by atoms with Gasteiger partial charge in [0.05, 0.1) is 30.2 Å². The van der Waals surface area contributed by atoms with Crippen molar-refractivity contribution in [2.75, 3.05) is 6.61 Å². The molecule has 1 aliphatic rings. The normalized spacial score (nSPS) is 42.2. The van der Waals surface area contributed by atoms with Crippen LogP contribution in [0, 0.1) is 0 Å². The molecule has 1 rings (SSSR count). The summed E-state index contributed by atoms with van der Waals surface area (Å²) in [6.07, 6.45) is -3.88. The van der Waals surface area contributed by atoms with Gasteiger partial charge >= 0.3 is 0 Å². The lowest BCUT2D eigenvalue weighted by Crippen LogP contribution is -2.57. The molecule has 0 saturated carbocycles. The van der Waals surface area contributed by atoms with Crippen LogP contribution in [-0.2, 0) is 9.47 Å². The van der Waals surface area contributed by atoms with E-state index >= 15 is 0 Å². The van der Waals surface area contributed by atoms with Crippen LogP contribution < -0.4 is 0 Å². The van der Waals surface area contributed by atoms with Gasteiger partial charge in [-0.2, -0.15) is 12.6 Å². The summed E-state index contributed by atoms with van der Waals surface area (Å²) in [6.45, 7) is 3.32. The van der Waals surface area contributed by atoms with Crippen LogP contribution in [0.25, 0.3) is 0 Å². The maximum Gasteiger partial charge on any atom is 0.186 e. The molecule has 90 valence electrons. The van der Waals surface area contributed by atoms with E-state index < -0.39 is 29.9 Å². The van der Waals surface area contributed by atoms with Gasteiger partial charge in [0.25, 0.3) is 0 Å². The lowest BCUT2D eigenvalue weighted by atomic mass is 10.0. The first kappa shape index (κ1) is 13.2. The zero-order chi connectivity index (χ0) is 11.6. The molecule has 1 fully saturated rings. The summed E-state index contributed by atoms with van der Waals surface area (Å²) < 4.78 is 10.6. The number of hydrogen-bond donors (Lipinski definition) is 4. The summed E-state index contributed by atoms with van der Waals surface area (Å²) in [5.41, 5.74) is 0. The molecule has 6 heteroatoms. The molecule has 0 radical (unpaired) electrons. The van der Waals surface area contributed by atoms with E-state index in [0.29, 0.717) is 0 Å². The fraction of sp³-hybridized carbons (Fsp3) is 1.00. The van der Waals surface area contributed by atoms with E-state index in [9.17, 15) is 10.2 Å². The van der Waals surface area contributed by atoms with Crippen molar-refractivity contribution in [1.29, 1.82) is 0 Å². The monoisotopic (exact) mass is 238 g/mol. The second-order valence-electron chi connectivity index (χ2n) is 3.88. The largest absolute Gasteiger partial charge is 0.394 e. The van der Waals surface area contributed by atoms with Crippen LogP contribution in [0.3, 0.4) is 0 Å². The number of ether oxygens (including phenoxy) is 2. The van der Waals surface area contributed by atoms with Crippen LogP contribution >= 0.6 is 12.6 Å². The Morgan fingerprint density at radius 2 is 1.93 bits per heavy atom. The molecule has 5 atom stereocenters. The first-order chi connectivity index (χ1) is 6.97. The first-order valence-corrected chi connectivity index (χ1v) is 5.45. The Kier molecular flexibility index (Phi) is 4.82. The average Bonchev–Trinajstić information content (AvgIpc) is 2.18. The van der Waals surface area contributed by atoms with Crippen molar-refractivity contribution in [2.45, 2.75) is 49.8 Å². The maximum absolute atomic E-state index is 9.64. The quantitative estimate of drug-likeness (QED) is 0.482. The molecule has 0 bridgehead atoms. The van der Waals surface area contributed by atoms with E-state index in [0.717, 1.165) is 0 Å². The predicted molar refractivity (Wildman–Crippen MR) is 56.8 cm³/mol. The molecule has 0 aromatic carbocycles. The van der Waals surface area contributed by atoms with Gasteiger partial charge in [-0.3, -0.25) is 0 Å². The summed E-state index contributed by atoms with van der Waals surface area (Å²) >= 11 is 4.07. The highest BCUT2D eigenvalue weighted by atomic mass is 32.1. The van der Waals surface area contributed by atoms with E-state index in [-0.39, 0.29) is 12.7 Å². The average molecular weight is 238 g/mol. The van der Waals surface area contributed by atoms with Crippen LogP contribution in [0.5, 0.6) is 0 Å². The molecule has 0 aromatic heterocycles. The molecular weight excluding hydrogens is 220 g/mol. The minimum Gasteiger partial charge on any atom is -0.394 e. The molecule has 0 unspecified atom stereocenters. The van der Waals surface area contributed by atoms with Crippen molar-refractivity contribution in [1.82, 2.24) is 0 Å². The van der Waals surface area contributed by atoms with E-state index in [1.807, 2.05) is 0 Å². The van der Waals surface area contributed by atoms with Crippen molar-refractivity contribution in [3.63, 3.8) is 0 Å². The lowest BCUT2D eigenvalue weighted by Gasteiger charge is -2.40. The van der Waals surface area contributed by atoms with E-state index in [1.165, 1.54) is 0 Å². The highest BCUT2D eigenvalue weighted by molar-refractivity contribution is 7.81. The summed E-state index contributed by atoms with van der Waals surface area (Å²) in [4.78, 5) is 0. The predicted octanol–water partition coefficient (Wildman–Crippen LogP) is -0.851. The van der Waals surface area contributed by atoms with Gasteiger partial charge in [0.15, 0.2) is 6.29 Å². The molecular formula is C9H18O5S. The number of thiol groups is 1. The number of hydrogen-bond acceptors (Lipinski definition) is 6. The summed E-state index contributed by atoms with van der Waals surface area (Å²) in [7, 11) is 0. The van der Waals surface area contributed by atoms with Crippen LogP contribution in [-0.4, -0.2) is 57.9 Å². The number of aliphatic hydroxyl groups is 3. The van der Waals surface area contributed by atoms with Crippen LogP contribution in [0.4, 0.5) is 0 Å². The topological polar surface area (TPSA) is 79.2 Å². The van der Waals surface area contributed by atoms with Gasteiger partial charge in [-0.15, -0.1) is 0 Å². The second-order valence-corrected chi connectivity index (χ2v) is 4.48. The summed E-state index contributed by atoms with van der Waals surface area (Å²) in [5, 5.41) is 27.7. The molecule has 3 N–H and O–H groups in total. The third kappa shape index (κ3) is 3.05. The van der Waals surface area contributed by atoms with Gasteiger partial charge in [0, 0.05) is 0 Å². The Morgan fingerprint density at radius 3 is 2.40 bits per heavy atom. The molecule has 1 aliphatic heterocycles. The van der Waals surface area contributed by atoms with E-state index in [1.54, 1.807) is 13.8 Å². The van der Waals surface area contributed by atoms with Crippen LogP contribution in [0.1, 0.15) is 13.8 Å². The van der Waals surface area contributed by atoms with Gasteiger partial charge in [-0.1, -0.05) is 0 Å². The zero-order valence-corrected chi connectivity index (χ0v) is 9.67. The van der Waals surface area contributed by atoms with Crippen molar-refractivity contribution < 1.29 is 24.8 Å². The molecule has 15 heavy (non-hydrogen) atoms. The minimum atomic E-state index is -1.14. The standard InChI is InChI=1S/C9H18O5S/c1-4(2)13-9-7(12)6(11)8(15)5(3-10)14-9/h4-12,15H,3H2,1-2H3/t5-,6-,7-,8+,9-/m1/s1. The van der Waals surface area contributed by atoms with Crippen molar-refractivity contribution in [3.05, 3.63) is 0 Å². The Morgan fingerprint density at radius 1 is 1.33 bits per heavy atom. The van der Waals surface area contributed by atoms with Crippen molar-refractivity contribution in [2.24, 2.45) is 0 Å². The SMILES string of the molecule is CC(C)O[C@@H]1O[C@H](CO)[C@H](S)[C@H](O)[C@H]1O. The number of rotatable bonds is 3. The van der Waals surface area contributed by atoms with Gasteiger partial charge < -0.3 is 24.8 Å². The Balaban J connectivity index is 2.65. The maximum atomic E-state index is 9.64. The van der Waals surface area contributed by atoms with Crippen LogP contribution in [0.2, 0.25) is 0 Å². The molecule has 1 heterocycles. The lowest BCUT2D eigenvalue weighted by molar-refractivity contribution is -0.277. The highest BCUT2D eigenvalue weighted by Gasteiger charge is 2.43. The molecule has 0 aliphatic carbocycles. The third-order valence-electron chi connectivity index (χ3n) is 2.25. The third-order valence-corrected chi connectivity index (χ3v) is 2.89. The van der Waals surface area contributed by atoms with Crippen molar-refractivity contribution in [3.8, 4) is 0 Å². The van der Waals surface area contributed by atoms with Gasteiger partial charge in [0.2, 0.25) is 0 Å². The van der Waals surface area contributed by atoms with Gasteiger partial charge in [-0.25, -0.2) is 0 Å². The van der Waals surface area contributed by atoms with Gasteiger partial charge in [-0.05, 0) is 13.8 Å². The molecule has 0 spiro atoms.